The van der Waals surface area contributed by atoms with Crippen LogP contribution in [0.4, 0.5) is 17.3 Å². The lowest BCUT2D eigenvalue weighted by molar-refractivity contribution is 0.500. The van der Waals surface area contributed by atoms with Crippen molar-refractivity contribution in [2.45, 2.75) is 0 Å². The normalized spacial score (nSPS) is 11.8. The van der Waals surface area contributed by atoms with Gasteiger partial charge in [0.25, 0.3) is 0 Å². The Morgan fingerprint density at radius 2 is 1.88 bits per heavy atom. The summed E-state index contributed by atoms with van der Waals surface area (Å²) in [5, 5.41) is 6.34. The predicted octanol–water partition coefficient (Wildman–Crippen LogP) is 0.487. The molecule has 0 saturated heterocycles. The Morgan fingerprint density at radius 1 is 1.24 bits per heavy atom. The molecule has 0 aliphatic heterocycles. The summed E-state index contributed by atoms with van der Waals surface area (Å²) in [6.07, 6.45) is 0.743. The summed E-state index contributed by atoms with van der Waals surface area (Å²) in [5.41, 5.74) is 8.48. The second kappa shape index (κ2) is 4.85. The molecule has 0 aliphatic carbocycles. The first-order valence-electron chi connectivity index (χ1n) is 4.42. The summed E-state index contributed by atoms with van der Waals surface area (Å²) < 4.78 is 50.5. The molecule has 0 heterocycles. The van der Waals surface area contributed by atoms with Gasteiger partial charge in [0.15, 0.2) is 0 Å². The van der Waals surface area contributed by atoms with Crippen LogP contribution >= 0.6 is 0 Å². The number of guanidine groups is 1. The number of hydrogen-bond donors (Lipinski definition) is 2. The summed E-state index contributed by atoms with van der Waals surface area (Å²) in [6.45, 7) is -5.25. The van der Waals surface area contributed by atoms with Crippen molar-refractivity contribution in [2.75, 3.05) is 0 Å². The Hall–Kier alpha value is -2.06. The molecule has 17 heavy (non-hydrogen) atoms. The van der Waals surface area contributed by atoms with Gasteiger partial charge in [-0.2, -0.15) is 5.10 Å². The van der Waals surface area contributed by atoms with Crippen LogP contribution in [0, 0.1) is 5.82 Å². The minimum atomic E-state index is -5.25. The molecule has 1 aromatic rings. The summed E-state index contributed by atoms with van der Waals surface area (Å²) in [6, 6.07) is 2.07. The average molecular weight is 247 g/mol. The molecule has 0 spiro atoms. The molecule has 9 heteroatoms. The van der Waals surface area contributed by atoms with E-state index in [2.05, 4.69) is 10.2 Å². The van der Waals surface area contributed by atoms with E-state index in [1.807, 2.05) is 0 Å². The highest BCUT2D eigenvalue weighted by Gasteiger charge is 2.27. The van der Waals surface area contributed by atoms with Crippen molar-refractivity contribution < 1.29 is 17.3 Å². The van der Waals surface area contributed by atoms with E-state index >= 15 is 0 Å². The van der Waals surface area contributed by atoms with E-state index in [1.165, 1.54) is 0 Å². The molecule has 0 unspecified atom stereocenters. The van der Waals surface area contributed by atoms with Crippen LogP contribution in [0.1, 0.15) is 5.56 Å². The Labute approximate surface area is 94.1 Å². The van der Waals surface area contributed by atoms with E-state index in [1.54, 1.807) is 0 Å². The average Bonchev–Trinajstić information content (AvgIpc) is 2.15. The molecular formula is C8H8BF4N4-. The van der Waals surface area contributed by atoms with Crippen LogP contribution in [0.2, 0.25) is 0 Å². The molecule has 4 N–H and O–H groups in total. The van der Waals surface area contributed by atoms with Crippen molar-refractivity contribution in [2.24, 2.45) is 21.7 Å². The smallest absolute Gasteiger partial charge is 0.445 e. The standard InChI is InChI=1S/C8H8BF4N4/c10-6-1-2-7(9(11,12)13)5(3-6)4-16-17-8(14)15/h1-4H,(H4,14,15,17)/q-1. The SMILES string of the molecule is NC(N)=NN=Cc1cc(F)ccc1[B-](F)(F)F. The zero-order valence-electron chi connectivity index (χ0n) is 8.45. The van der Waals surface area contributed by atoms with Crippen molar-refractivity contribution in [1.29, 1.82) is 0 Å². The Balaban J connectivity index is 3.17. The van der Waals surface area contributed by atoms with E-state index in [0.29, 0.717) is 12.1 Å². The molecule has 0 fully saturated rings. The number of benzene rings is 1. The zero-order chi connectivity index (χ0) is 13.1. The monoisotopic (exact) mass is 247 g/mol. The van der Waals surface area contributed by atoms with Crippen LogP contribution in [0.3, 0.4) is 0 Å². The Morgan fingerprint density at radius 3 is 2.41 bits per heavy atom. The molecule has 4 nitrogen and oxygen atoms in total. The van der Waals surface area contributed by atoms with Crippen LogP contribution in [-0.2, 0) is 0 Å². The van der Waals surface area contributed by atoms with Gasteiger partial charge in [-0.15, -0.1) is 5.10 Å². The maximum Gasteiger partial charge on any atom is 0.510 e. The van der Waals surface area contributed by atoms with E-state index in [-0.39, 0.29) is 0 Å². The maximum atomic E-state index is 12.8. The van der Waals surface area contributed by atoms with Gasteiger partial charge in [0, 0.05) is 0 Å². The van der Waals surface area contributed by atoms with Crippen molar-refractivity contribution >= 4 is 24.6 Å². The second-order valence-electron chi connectivity index (χ2n) is 3.12. The molecular weight excluding hydrogens is 239 g/mol. The first-order valence-corrected chi connectivity index (χ1v) is 4.42. The highest BCUT2D eigenvalue weighted by molar-refractivity contribution is 6.74. The molecule has 0 aromatic heterocycles. The van der Waals surface area contributed by atoms with E-state index in [0.717, 1.165) is 12.3 Å². The minimum absolute atomic E-state index is 0.406. The molecule has 0 radical (unpaired) electrons. The van der Waals surface area contributed by atoms with Gasteiger partial charge in [0.05, 0.1) is 6.21 Å². The topological polar surface area (TPSA) is 76.8 Å². The van der Waals surface area contributed by atoms with Gasteiger partial charge in [0.1, 0.15) is 5.82 Å². The maximum absolute atomic E-state index is 12.8. The van der Waals surface area contributed by atoms with Gasteiger partial charge in [-0.05, 0) is 17.7 Å². The highest BCUT2D eigenvalue weighted by atomic mass is 19.4. The van der Waals surface area contributed by atoms with Crippen LogP contribution in [0.25, 0.3) is 0 Å². The third kappa shape index (κ3) is 3.78. The van der Waals surface area contributed by atoms with Gasteiger partial charge >= 0.3 is 6.98 Å². The lowest BCUT2D eigenvalue weighted by Crippen LogP contribution is -2.37. The summed E-state index contributed by atoms with van der Waals surface area (Å²) >= 11 is 0. The fourth-order valence-corrected chi connectivity index (χ4v) is 1.11. The minimum Gasteiger partial charge on any atom is -0.445 e. The van der Waals surface area contributed by atoms with E-state index < -0.39 is 29.8 Å². The van der Waals surface area contributed by atoms with Crippen LogP contribution < -0.4 is 16.9 Å². The largest absolute Gasteiger partial charge is 0.510 e. The zero-order valence-corrected chi connectivity index (χ0v) is 8.45. The summed E-state index contributed by atoms with van der Waals surface area (Å²) in [4.78, 5) is 0. The third-order valence-electron chi connectivity index (χ3n) is 1.77. The number of rotatable bonds is 3. The van der Waals surface area contributed by atoms with E-state index in [9.17, 15) is 17.3 Å². The predicted molar refractivity (Wildman–Crippen MR) is 58.5 cm³/mol. The third-order valence-corrected chi connectivity index (χ3v) is 1.77. The molecule has 1 rings (SSSR count). The molecule has 0 bridgehead atoms. The van der Waals surface area contributed by atoms with Crippen molar-refractivity contribution in [1.82, 2.24) is 0 Å². The fourth-order valence-electron chi connectivity index (χ4n) is 1.11. The lowest BCUT2D eigenvalue weighted by Gasteiger charge is -2.17. The lowest BCUT2D eigenvalue weighted by atomic mass is 9.77. The second-order valence-corrected chi connectivity index (χ2v) is 3.12. The molecule has 0 saturated carbocycles. The highest BCUT2D eigenvalue weighted by Crippen LogP contribution is 2.12. The first kappa shape index (κ1) is 13.0. The molecule has 0 amide bonds. The number of nitrogens with zero attached hydrogens (tertiary/aromatic N) is 2. The quantitative estimate of drug-likeness (QED) is 0.268. The number of halogens is 4. The molecule has 1 aromatic carbocycles. The Bertz CT molecular complexity index is 465. The van der Waals surface area contributed by atoms with Gasteiger partial charge in [-0.3, -0.25) is 0 Å². The Kier molecular flexibility index (Phi) is 3.71. The van der Waals surface area contributed by atoms with Gasteiger partial charge in [0.2, 0.25) is 5.96 Å². The summed E-state index contributed by atoms with van der Waals surface area (Å²) in [5.74, 6) is -1.21. The first-order chi connectivity index (χ1) is 7.80. The molecule has 92 valence electrons. The van der Waals surface area contributed by atoms with Crippen LogP contribution in [-0.4, -0.2) is 19.2 Å². The van der Waals surface area contributed by atoms with Crippen LogP contribution in [0.5, 0.6) is 0 Å². The van der Waals surface area contributed by atoms with Gasteiger partial charge in [-0.25, -0.2) is 4.39 Å². The van der Waals surface area contributed by atoms with Crippen molar-refractivity contribution in [3.05, 3.63) is 29.6 Å². The molecule has 0 aliphatic rings. The van der Waals surface area contributed by atoms with Crippen molar-refractivity contribution in [3.63, 3.8) is 0 Å². The van der Waals surface area contributed by atoms with E-state index in [4.69, 9.17) is 11.5 Å². The number of nitrogens with two attached hydrogens (primary N) is 2. The fraction of sp³-hybridized carbons (Fsp3) is 0. The van der Waals surface area contributed by atoms with Gasteiger partial charge in [-0.1, -0.05) is 11.5 Å². The molecule has 0 atom stereocenters. The number of hydrogen-bond acceptors (Lipinski definition) is 2. The van der Waals surface area contributed by atoms with Crippen molar-refractivity contribution in [3.8, 4) is 0 Å². The summed E-state index contributed by atoms with van der Waals surface area (Å²) in [7, 11) is 0. The van der Waals surface area contributed by atoms with Crippen LogP contribution in [0.15, 0.2) is 28.4 Å². The van der Waals surface area contributed by atoms with Gasteiger partial charge < -0.3 is 24.4 Å².